The van der Waals surface area contributed by atoms with Crippen LogP contribution in [0.3, 0.4) is 0 Å². The van der Waals surface area contributed by atoms with Gasteiger partial charge in [0.05, 0.1) is 13.3 Å². The largest absolute Gasteiger partial charge is 0.480 e. The predicted molar refractivity (Wildman–Crippen MR) is 46.0 cm³/mol. The van der Waals surface area contributed by atoms with Crippen molar-refractivity contribution in [2.75, 3.05) is 19.5 Å². The van der Waals surface area contributed by atoms with Crippen molar-refractivity contribution in [1.82, 2.24) is 9.97 Å². The molecule has 5 heteroatoms. The van der Waals surface area contributed by atoms with E-state index in [9.17, 15) is 0 Å². The van der Waals surface area contributed by atoms with Crippen LogP contribution in [0.25, 0.3) is 0 Å². The molecule has 0 fully saturated rings. The maximum atomic E-state index is 5.41. The molecule has 0 atom stereocenters. The zero-order chi connectivity index (χ0) is 8.97. The van der Waals surface area contributed by atoms with Gasteiger partial charge in [0.15, 0.2) is 0 Å². The Balaban J connectivity index is 3.02. The fourth-order valence-electron chi connectivity index (χ4n) is 0.821. The van der Waals surface area contributed by atoms with Crippen LogP contribution in [0.5, 0.6) is 5.88 Å². The minimum Gasteiger partial charge on any atom is -0.480 e. The second-order valence-corrected chi connectivity index (χ2v) is 2.17. The first-order chi connectivity index (χ1) is 5.81. The van der Waals surface area contributed by atoms with E-state index in [0.29, 0.717) is 23.9 Å². The number of hydrogen-bond donors (Lipinski definition) is 2. The van der Waals surface area contributed by atoms with Gasteiger partial charge in [0, 0.05) is 13.6 Å². The molecule has 0 bridgehead atoms. The lowest BCUT2D eigenvalue weighted by atomic mass is 10.4. The number of hydrogen-bond acceptors (Lipinski definition) is 5. The molecule has 12 heavy (non-hydrogen) atoms. The topological polar surface area (TPSA) is 73.1 Å². The highest BCUT2D eigenvalue weighted by molar-refractivity contribution is 5.35. The summed E-state index contributed by atoms with van der Waals surface area (Å²) in [5.74, 6) is 1.15. The third-order valence-electron chi connectivity index (χ3n) is 1.45. The first kappa shape index (κ1) is 8.73. The van der Waals surface area contributed by atoms with Crippen LogP contribution in [-0.2, 0) is 6.54 Å². The summed E-state index contributed by atoms with van der Waals surface area (Å²) in [6.07, 6.45) is 1.62. The molecule has 5 nitrogen and oxygen atoms in total. The van der Waals surface area contributed by atoms with Crippen LogP contribution < -0.4 is 15.8 Å². The van der Waals surface area contributed by atoms with Crippen molar-refractivity contribution in [1.29, 1.82) is 0 Å². The molecular weight excluding hydrogens is 156 g/mol. The molecule has 3 N–H and O–H groups in total. The van der Waals surface area contributed by atoms with E-state index >= 15 is 0 Å². The number of methoxy groups -OCH3 is 1. The second kappa shape index (κ2) is 3.87. The van der Waals surface area contributed by atoms with E-state index in [0.717, 1.165) is 0 Å². The van der Waals surface area contributed by atoms with Gasteiger partial charge in [-0.25, -0.2) is 0 Å². The van der Waals surface area contributed by atoms with Crippen molar-refractivity contribution in [3.63, 3.8) is 0 Å². The van der Waals surface area contributed by atoms with E-state index in [2.05, 4.69) is 15.3 Å². The number of nitrogens with one attached hydrogen (secondary N) is 1. The van der Waals surface area contributed by atoms with Crippen molar-refractivity contribution in [3.8, 4) is 5.88 Å². The number of aromatic nitrogens is 2. The van der Waals surface area contributed by atoms with Crippen molar-refractivity contribution < 1.29 is 4.74 Å². The smallest absolute Gasteiger partial charge is 0.238 e. The van der Waals surface area contributed by atoms with E-state index < -0.39 is 0 Å². The van der Waals surface area contributed by atoms with Crippen molar-refractivity contribution in [2.24, 2.45) is 5.73 Å². The minimum absolute atomic E-state index is 0.333. The van der Waals surface area contributed by atoms with Gasteiger partial charge in [-0.2, -0.15) is 4.98 Å². The lowest BCUT2D eigenvalue weighted by Gasteiger charge is -2.05. The summed E-state index contributed by atoms with van der Waals surface area (Å²) in [6, 6.07) is 0. The zero-order valence-corrected chi connectivity index (χ0v) is 7.16. The fourth-order valence-corrected chi connectivity index (χ4v) is 0.821. The molecule has 0 aromatic carbocycles. The fraction of sp³-hybridized carbons (Fsp3) is 0.429. The predicted octanol–water partition coefficient (Wildman–Crippen LogP) is -0.0144. The van der Waals surface area contributed by atoms with Crippen LogP contribution in [0.2, 0.25) is 0 Å². The summed E-state index contributed by atoms with van der Waals surface area (Å²) in [4.78, 5) is 8.17. The Morgan fingerprint density at radius 3 is 2.92 bits per heavy atom. The Labute approximate surface area is 71.0 Å². The standard InChI is InChI=1S/C7H12N4O/c1-9-6-4-10-5(3-8)7(11-6)12-2/h4H,3,8H2,1-2H3,(H,9,11). The van der Waals surface area contributed by atoms with Gasteiger partial charge in [-0.05, 0) is 0 Å². The Bertz CT molecular complexity index is 264. The Morgan fingerprint density at radius 1 is 1.67 bits per heavy atom. The molecule has 1 aromatic rings. The highest BCUT2D eigenvalue weighted by Crippen LogP contribution is 2.13. The average molecular weight is 168 g/mol. The van der Waals surface area contributed by atoms with Gasteiger partial charge in [-0.1, -0.05) is 0 Å². The molecule has 66 valence electrons. The minimum atomic E-state index is 0.333. The summed E-state index contributed by atoms with van der Waals surface area (Å²) in [7, 11) is 3.31. The summed E-state index contributed by atoms with van der Waals surface area (Å²) >= 11 is 0. The monoisotopic (exact) mass is 168 g/mol. The lowest BCUT2D eigenvalue weighted by molar-refractivity contribution is 0.390. The first-order valence-electron chi connectivity index (χ1n) is 3.59. The average Bonchev–Trinajstić information content (AvgIpc) is 2.16. The second-order valence-electron chi connectivity index (χ2n) is 2.17. The molecule has 1 heterocycles. The summed E-state index contributed by atoms with van der Waals surface area (Å²) in [6.45, 7) is 0.333. The third kappa shape index (κ3) is 1.62. The van der Waals surface area contributed by atoms with Gasteiger partial charge in [0.1, 0.15) is 11.5 Å². The molecule has 0 amide bonds. The van der Waals surface area contributed by atoms with Crippen LogP contribution in [-0.4, -0.2) is 24.1 Å². The van der Waals surface area contributed by atoms with Crippen molar-refractivity contribution >= 4 is 5.82 Å². The molecule has 0 aliphatic carbocycles. The summed E-state index contributed by atoms with van der Waals surface area (Å²) < 4.78 is 4.99. The maximum absolute atomic E-state index is 5.41. The highest BCUT2D eigenvalue weighted by Gasteiger charge is 2.04. The van der Waals surface area contributed by atoms with E-state index in [4.69, 9.17) is 10.5 Å². The summed E-state index contributed by atoms with van der Waals surface area (Å²) in [5.41, 5.74) is 6.08. The van der Waals surface area contributed by atoms with Crippen molar-refractivity contribution in [2.45, 2.75) is 6.54 Å². The molecule has 0 aliphatic heterocycles. The normalized spacial score (nSPS) is 9.58. The highest BCUT2D eigenvalue weighted by atomic mass is 16.5. The summed E-state index contributed by atoms with van der Waals surface area (Å²) in [5, 5.41) is 2.86. The molecule has 0 radical (unpaired) electrons. The SMILES string of the molecule is CNc1cnc(CN)c(OC)n1. The quantitative estimate of drug-likeness (QED) is 0.663. The van der Waals surface area contributed by atoms with E-state index in [1.54, 1.807) is 20.4 Å². The Morgan fingerprint density at radius 2 is 2.42 bits per heavy atom. The van der Waals surface area contributed by atoms with Crippen LogP contribution >= 0.6 is 0 Å². The van der Waals surface area contributed by atoms with Gasteiger partial charge in [-0.15, -0.1) is 0 Å². The van der Waals surface area contributed by atoms with Gasteiger partial charge in [0.25, 0.3) is 0 Å². The molecule has 0 saturated carbocycles. The number of nitrogens with two attached hydrogens (primary N) is 1. The number of rotatable bonds is 3. The number of anilines is 1. The Kier molecular flexibility index (Phi) is 2.82. The molecule has 1 aromatic heterocycles. The van der Waals surface area contributed by atoms with Crippen LogP contribution in [0.4, 0.5) is 5.82 Å². The van der Waals surface area contributed by atoms with Gasteiger partial charge in [-0.3, -0.25) is 4.98 Å². The van der Waals surface area contributed by atoms with Gasteiger partial charge >= 0.3 is 0 Å². The van der Waals surface area contributed by atoms with Crippen LogP contribution in [0.1, 0.15) is 5.69 Å². The molecule has 1 rings (SSSR count). The molecule has 0 unspecified atom stereocenters. The van der Waals surface area contributed by atoms with Gasteiger partial charge in [0.2, 0.25) is 5.88 Å². The third-order valence-corrected chi connectivity index (χ3v) is 1.45. The van der Waals surface area contributed by atoms with Crippen molar-refractivity contribution in [3.05, 3.63) is 11.9 Å². The lowest BCUT2D eigenvalue weighted by Crippen LogP contribution is -2.06. The Hall–Kier alpha value is -1.36. The van der Waals surface area contributed by atoms with Crippen LogP contribution in [0.15, 0.2) is 6.20 Å². The molecule has 0 aliphatic rings. The van der Waals surface area contributed by atoms with E-state index in [1.807, 2.05) is 0 Å². The van der Waals surface area contributed by atoms with E-state index in [-0.39, 0.29) is 0 Å². The molecule has 0 spiro atoms. The maximum Gasteiger partial charge on any atom is 0.238 e. The zero-order valence-electron chi connectivity index (χ0n) is 7.16. The van der Waals surface area contributed by atoms with E-state index in [1.165, 1.54) is 0 Å². The first-order valence-corrected chi connectivity index (χ1v) is 3.59. The van der Waals surface area contributed by atoms with Crippen LogP contribution in [0, 0.1) is 0 Å². The van der Waals surface area contributed by atoms with Gasteiger partial charge < -0.3 is 15.8 Å². The molecular formula is C7H12N4O. The number of nitrogens with zero attached hydrogens (tertiary/aromatic N) is 2. The number of ether oxygens (including phenoxy) is 1. The molecule has 0 saturated heterocycles.